The topological polar surface area (TPSA) is 67.8 Å². The number of hydrogen-bond acceptors (Lipinski definition) is 4. The number of fused-ring (bicyclic) bond motifs is 1. The van der Waals surface area contributed by atoms with Crippen molar-refractivity contribution >= 4 is 5.91 Å². The second-order valence-electron chi connectivity index (χ2n) is 6.91. The lowest BCUT2D eigenvalue weighted by Crippen LogP contribution is -2.32. The van der Waals surface area contributed by atoms with E-state index in [2.05, 4.69) is 20.3 Å². The number of benzene rings is 1. The highest BCUT2D eigenvalue weighted by Gasteiger charge is 2.35. The van der Waals surface area contributed by atoms with Gasteiger partial charge in [0.05, 0.1) is 29.2 Å². The van der Waals surface area contributed by atoms with Crippen molar-refractivity contribution in [3.8, 4) is 11.3 Å². The molecule has 1 amide bonds. The molecule has 9 heteroatoms. The lowest BCUT2D eigenvalue weighted by Gasteiger charge is -2.26. The minimum Gasteiger partial charge on any atom is -0.342 e. The van der Waals surface area contributed by atoms with E-state index < -0.39 is 29.5 Å². The van der Waals surface area contributed by atoms with Crippen LogP contribution in [-0.2, 0) is 12.6 Å². The van der Waals surface area contributed by atoms with Gasteiger partial charge in [0, 0.05) is 18.0 Å². The Kier molecular flexibility index (Phi) is 5.19. The zero-order chi connectivity index (χ0) is 21.3. The number of nitrogens with zero attached hydrogens (tertiary/aromatic N) is 3. The van der Waals surface area contributed by atoms with Crippen LogP contribution in [0.5, 0.6) is 0 Å². The molecule has 1 unspecified atom stereocenters. The molecule has 4 rings (SSSR count). The first kappa shape index (κ1) is 19.9. The molecule has 1 aliphatic carbocycles. The SMILES string of the molecule is O=C(NC1CCCc2ccc(-c3cccc(C(F)(F)F)c3F)nc21)c1cnccn1. The van der Waals surface area contributed by atoms with E-state index in [1.807, 2.05) is 0 Å². The van der Waals surface area contributed by atoms with E-state index in [4.69, 9.17) is 0 Å². The molecule has 0 aliphatic heterocycles. The summed E-state index contributed by atoms with van der Waals surface area (Å²) in [5.41, 5.74) is 0.0292. The van der Waals surface area contributed by atoms with E-state index in [9.17, 15) is 22.4 Å². The van der Waals surface area contributed by atoms with Gasteiger partial charge in [0.1, 0.15) is 11.5 Å². The number of amides is 1. The molecule has 1 aliphatic rings. The number of nitrogens with one attached hydrogen (secondary N) is 1. The molecule has 0 bridgehead atoms. The molecule has 154 valence electrons. The summed E-state index contributed by atoms with van der Waals surface area (Å²) in [6.45, 7) is 0. The van der Waals surface area contributed by atoms with E-state index in [1.54, 1.807) is 6.07 Å². The van der Waals surface area contributed by atoms with Gasteiger partial charge in [-0.3, -0.25) is 14.8 Å². The fraction of sp³-hybridized carbons (Fsp3) is 0.238. The van der Waals surface area contributed by atoms with Crippen LogP contribution in [0.25, 0.3) is 11.3 Å². The summed E-state index contributed by atoms with van der Waals surface area (Å²) in [6.07, 6.45) is 1.49. The molecule has 0 saturated heterocycles. The third-order valence-electron chi connectivity index (χ3n) is 4.96. The summed E-state index contributed by atoms with van der Waals surface area (Å²) >= 11 is 0. The first-order chi connectivity index (χ1) is 14.3. The first-order valence-corrected chi connectivity index (χ1v) is 9.27. The van der Waals surface area contributed by atoms with E-state index in [0.29, 0.717) is 24.6 Å². The molecule has 1 aromatic carbocycles. The maximum Gasteiger partial charge on any atom is 0.419 e. The zero-order valence-corrected chi connectivity index (χ0v) is 15.6. The van der Waals surface area contributed by atoms with Crippen LogP contribution in [-0.4, -0.2) is 20.9 Å². The summed E-state index contributed by atoms with van der Waals surface area (Å²) in [4.78, 5) is 24.7. The van der Waals surface area contributed by atoms with Gasteiger partial charge in [-0.25, -0.2) is 9.37 Å². The lowest BCUT2D eigenvalue weighted by atomic mass is 9.91. The predicted octanol–water partition coefficient (Wildman–Crippen LogP) is 4.50. The number of rotatable bonds is 3. The number of carbonyl (C=O) groups excluding carboxylic acids is 1. The Morgan fingerprint density at radius 1 is 1.13 bits per heavy atom. The number of pyridine rings is 1. The van der Waals surface area contributed by atoms with Gasteiger partial charge < -0.3 is 5.32 Å². The van der Waals surface area contributed by atoms with E-state index >= 15 is 0 Å². The van der Waals surface area contributed by atoms with Crippen molar-refractivity contribution < 1.29 is 22.4 Å². The number of aromatic nitrogens is 3. The van der Waals surface area contributed by atoms with Crippen LogP contribution in [0.1, 0.15) is 46.2 Å². The Balaban J connectivity index is 1.69. The van der Waals surface area contributed by atoms with E-state index in [1.165, 1.54) is 30.7 Å². The van der Waals surface area contributed by atoms with Gasteiger partial charge in [-0.2, -0.15) is 13.2 Å². The van der Waals surface area contributed by atoms with Crippen molar-refractivity contribution in [1.29, 1.82) is 0 Å². The minimum atomic E-state index is -4.80. The fourth-order valence-corrected chi connectivity index (χ4v) is 3.54. The molecular formula is C21H16F4N4O. The van der Waals surface area contributed by atoms with Crippen molar-refractivity contribution in [1.82, 2.24) is 20.3 Å². The Bertz CT molecular complexity index is 1090. The van der Waals surface area contributed by atoms with Crippen molar-refractivity contribution in [3.63, 3.8) is 0 Å². The first-order valence-electron chi connectivity index (χ1n) is 9.27. The van der Waals surface area contributed by atoms with Crippen LogP contribution < -0.4 is 5.32 Å². The van der Waals surface area contributed by atoms with Crippen LogP contribution in [0.15, 0.2) is 48.9 Å². The molecule has 2 aromatic heterocycles. The molecule has 5 nitrogen and oxygen atoms in total. The quantitative estimate of drug-likeness (QED) is 0.639. The summed E-state index contributed by atoms with van der Waals surface area (Å²) in [5, 5.41) is 2.84. The average molecular weight is 416 g/mol. The number of aryl methyl sites for hydroxylation is 1. The highest BCUT2D eigenvalue weighted by atomic mass is 19.4. The monoisotopic (exact) mass is 416 g/mol. The Morgan fingerprint density at radius 3 is 2.70 bits per heavy atom. The molecule has 3 aromatic rings. The van der Waals surface area contributed by atoms with Gasteiger partial charge >= 0.3 is 6.18 Å². The molecule has 0 spiro atoms. The van der Waals surface area contributed by atoms with Gasteiger partial charge in [-0.1, -0.05) is 12.1 Å². The molecule has 2 heterocycles. The summed E-state index contributed by atoms with van der Waals surface area (Å²) in [7, 11) is 0. The molecule has 0 saturated carbocycles. The maximum atomic E-state index is 14.6. The van der Waals surface area contributed by atoms with Crippen LogP contribution in [0, 0.1) is 5.82 Å². The third-order valence-corrected chi connectivity index (χ3v) is 4.96. The van der Waals surface area contributed by atoms with Crippen LogP contribution >= 0.6 is 0 Å². The van der Waals surface area contributed by atoms with E-state index in [-0.39, 0.29) is 17.0 Å². The van der Waals surface area contributed by atoms with Crippen molar-refractivity contribution in [2.24, 2.45) is 0 Å². The van der Waals surface area contributed by atoms with E-state index in [0.717, 1.165) is 18.1 Å². The zero-order valence-electron chi connectivity index (χ0n) is 15.6. The highest BCUT2D eigenvalue weighted by Crippen LogP contribution is 2.36. The fourth-order valence-electron chi connectivity index (χ4n) is 3.54. The summed E-state index contributed by atoms with van der Waals surface area (Å²) in [6, 6.07) is 5.87. The molecule has 30 heavy (non-hydrogen) atoms. The molecule has 0 fully saturated rings. The maximum absolute atomic E-state index is 14.6. The summed E-state index contributed by atoms with van der Waals surface area (Å²) in [5.74, 6) is -1.80. The van der Waals surface area contributed by atoms with Gasteiger partial charge in [0.15, 0.2) is 0 Å². The molecular weight excluding hydrogens is 400 g/mol. The standard InChI is InChI=1S/C21H16F4N4O/c22-18-13(4-2-5-14(18)21(23,24)25)15-8-7-12-3-1-6-16(19(12)28-15)29-20(30)17-11-26-9-10-27-17/h2,4-5,7-11,16H,1,3,6H2,(H,29,30). The van der Waals surface area contributed by atoms with Crippen molar-refractivity contribution in [2.45, 2.75) is 31.5 Å². The van der Waals surface area contributed by atoms with Gasteiger partial charge in [-0.15, -0.1) is 0 Å². The number of carbonyl (C=O) groups is 1. The van der Waals surface area contributed by atoms with Crippen molar-refractivity contribution in [3.05, 3.63) is 77.3 Å². The average Bonchev–Trinajstić information content (AvgIpc) is 2.73. The normalized spacial score (nSPS) is 16.1. The van der Waals surface area contributed by atoms with Gasteiger partial charge in [-0.05, 0) is 43.0 Å². The molecule has 1 N–H and O–H groups in total. The number of halogens is 4. The van der Waals surface area contributed by atoms with Crippen molar-refractivity contribution in [2.75, 3.05) is 0 Å². The van der Waals surface area contributed by atoms with Crippen LogP contribution in [0.4, 0.5) is 17.6 Å². The smallest absolute Gasteiger partial charge is 0.342 e. The Hall–Kier alpha value is -3.36. The largest absolute Gasteiger partial charge is 0.419 e. The summed E-state index contributed by atoms with van der Waals surface area (Å²) < 4.78 is 53.8. The minimum absolute atomic E-state index is 0.0815. The predicted molar refractivity (Wildman–Crippen MR) is 99.8 cm³/mol. The number of hydrogen-bond donors (Lipinski definition) is 1. The number of alkyl halides is 3. The van der Waals surface area contributed by atoms with Crippen LogP contribution in [0.3, 0.4) is 0 Å². The highest BCUT2D eigenvalue weighted by molar-refractivity contribution is 5.92. The second kappa shape index (κ2) is 7.81. The third kappa shape index (κ3) is 3.87. The molecule has 1 atom stereocenters. The molecule has 0 radical (unpaired) electrons. The van der Waals surface area contributed by atoms with Gasteiger partial charge in [0.2, 0.25) is 0 Å². The second-order valence-corrected chi connectivity index (χ2v) is 6.91. The Labute approximate surface area is 169 Å². The van der Waals surface area contributed by atoms with Crippen LogP contribution in [0.2, 0.25) is 0 Å². The van der Waals surface area contributed by atoms with Gasteiger partial charge in [0.25, 0.3) is 5.91 Å². The Morgan fingerprint density at radius 2 is 1.97 bits per heavy atom. The lowest BCUT2D eigenvalue weighted by molar-refractivity contribution is -0.139.